The van der Waals surface area contributed by atoms with E-state index in [-0.39, 0.29) is 5.78 Å². The molecule has 2 heteroatoms. The van der Waals surface area contributed by atoms with E-state index in [9.17, 15) is 4.79 Å². The van der Waals surface area contributed by atoms with Crippen LogP contribution >= 0.6 is 11.6 Å². The predicted molar refractivity (Wildman–Crippen MR) is 44.0 cm³/mol. The second kappa shape index (κ2) is 5.00. The van der Waals surface area contributed by atoms with Gasteiger partial charge in [0, 0.05) is 11.1 Å². The molecule has 0 bridgehead atoms. The van der Waals surface area contributed by atoms with Gasteiger partial charge in [-0.1, -0.05) is 24.3 Å². The van der Waals surface area contributed by atoms with E-state index in [4.69, 9.17) is 11.6 Å². The molecule has 0 radical (unpaired) electrons. The van der Waals surface area contributed by atoms with Gasteiger partial charge in [-0.15, -0.1) is 6.58 Å². The van der Waals surface area contributed by atoms with Crippen molar-refractivity contribution in [2.75, 3.05) is 0 Å². The highest BCUT2D eigenvalue weighted by molar-refractivity contribution is 6.28. The minimum atomic E-state index is -0.144. The molecule has 0 aliphatic carbocycles. The highest BCUT2D eigenvalue weighted by atomic mass is 35.5. The largest absolute Gasteiger partial charge is 0.290 e. The Kier molecular flexibility index (Phi) is 4.59. The fraction of sp³-hybridized carbons (Fsp3) is 0.125. The van der Waals surface area contributed by atoms with Crippen LogP contribution in [-0.4, -0.2) is 5.78 Å². The number of ketones is 1. The van der Waals surface area contributed by atoms with Crippen LogP contribution in [0.4, 0.5) is 0 Å². The van der Waals surface area contributed by atoms with E-state index in [1.165, 1.54) is 11.6 Å². The van der Waals surface area contributed by atoms with E-state index in [0.29, 0.717) is 12.0 Å². The lowest BCUT2D eigenvalue weighted by Crippen LogP contribution is -1.95. The molecule has 0 amide bonds. The van der Waals surface area contributed by atoms with Crippen molar-refractivity contribution in [1.82, 2.24) is 0 Å². The van der Waals surface area contributed by atoms with Gasteiger partial charge in [0.2, 0.25) is 0 Å². The third-order valence-electron chi connectivity index (χ3n) is 0.998. The number of carbonyl (C=O) groups is 1. The molecule has 0 fully saturated rings. The summed E-state index contributed by atoms with van der Waals surface area (Å²) in [5.41, 5.74) is 1.78. The summed E-state index contributed by atoms with van der Waals surface area (Å²) in [6.07, 6.45) is 3.35. The topological polar surface area (TPSA) is 17.1 Å². The molecule has 0 rings (SSSR count). The zero-order chi connectivity index (χ0) is 7.98. The van der Waals surface area contributed by atoms with Crippen LogP contribution in [0.5, 0.6) is 0 Å². The zero-order valence-corrected chi connectivity index (χ0v) is 6.40. The Morgan fingerprint density at radius 2 is 2.10 bits per heavy atom. The van der Waals surface area contributed by atoms with Crippen molar-refractivity contribution < 1.29 is 4.79 Å². The van der Waals surface area contributed by atoms with Gasteiger partial charge in [-0.05, 0) is 12.5 Å². The van der Waals surface area contributed by atoms with E-state index < -0.39 is 0 Å². The van der Waals surface area contributed by atoms with Crippen LogP contribution in [0.15, 0.2) is 36.4 Å². The Balaban J connectivity index is 4.21. The summed E-state index contributed by atoms with van der Waals surface area (Å²) in [6.45, 7) is 6.81. The average Bonchev–Trinajstić information content (AvgIpc) is 1.99. The van der Waals surface area contributed by atoms with Crippen LogP contribution in [-0.2, 0) is 4.79 Å². The minimum Gasteiger partial charge on any atom is -0.290 e. The first-order valence-corrected chi connectivity index (χ1v) is 3.26. The van der Waals surface area contributed by atoms with E-state index in [0.717, 1.165) is 0 Å². The Bertz CT molecular complexity index is 180. The molecule has 0 spiro atoms. The van der Waals surface area contributed by atoms with Gasteiger partial charge >= 0.3 is 0 Å². The molecule has 0 N–H and O–H groups in total. The number of carbonyl (C=O) groups excluding carboxylic acids is 1. The first-order valence-electron chi connectivity index (χ1n) is 2.83. The standard InChI is InChI=1S/C8H9ClO/c1-3-5-7(6-9)8(10)4-2/h3-4,6H,1-2,5H2/b7-6-. The molecule has 1 nitrogen and oxygen atoms in total. The average molecular weight is 157 g/mol. The number of halogens is 1. The Morgan fingerprint density at radius 1 is 1.50 bits per heavy atom. The highest BCUT2D eigenvalue weighted by Gasteiger charge is 2.00. The molecule has 0 aliphatic heterocycles. The smallest absolute Gasteiger partial charge is 0.182 e. The molecule has 10 heavy (non-hydrogen) atoms. The van der Waals surface area contributed by atoms with Gasteiger partial charge in [0.15, 0.2) is 5.78 Å². The fourth-order valence-corrected chi connectivity index (χ4v) is 0.682. The van der Waals surface area contributed by atoms with Crippen molar-refractivity contribution in [3.05, 3.63) is 36.4 Å². The quantitative estimate of drug-likeness (QED) is 0.452. The molecule has 0 heterocycles. The van der Waals surface area contributed by atoms with Crippen molar-refractivity contribution in [3.63, 3.8) is 0 Å². The summed E-state index contributed by atoms with van der Waals surface area (Å²) in [5.74, 6) is -0.144. The maximum absolute atomic E-state index is 10.8. The van der Waals surface area contributed by atoms with Gasteiger partial charge in [0.25, 0.3) is 0 Å². The van der Waals surface area contributed by atoms with E-state index in [1.807, 2.05) is 0 Å². The fourth-order valence-electron chi connectivity index (χ4n) is 0.486. The maximum Gasteiger partial charge on any atom is 0.182 e. The molecule has 0 aromatic rings. The zero-order valence-electron chi connectivity index (χ0n) is 5.64. The number of allylic oxidation sites excluding steroid dienone is 3. The first kappa shape index (κ1) is 9.18. The van der Waals surface area contributed by atoms with Crippen molar-refractivity contribution in [2.45, 2.75) is 6.42 Å². The lowest BCUT2D eigenvalue weighted by molar-refractivity contribution is -0.111. The maximum atomic E-state index is 10.8. The monoisotopic (exact) mass is 156 g/mol. The molecule has 0 aliphatic rings. The Morgan fingerprint density at radius 3 is 2.40 bits per heavy atom. The van der Waals surface area contributed by atoms with E-state index in [2.05, 4.69) is 13.2 Å². The van der Waals surface area contributed by atoms with Gasteiger partial charge in [0.05, 0.1) is 0 Å². The molecule has 0 aromatic carbocycles. The minimum absolute atomic E-state index is 0.144. The third-order valence-corrected chi connectivity index (χ3v) is 1.26. The van der Waals surface area contributed by atoms with Crippen molar-refractivity contribution in [3.8, 4) is 0 Å². The third kappa shape index (κ3) is 2.65. The van der Waals surface area contributed by atoms with Crippen LogP contribution in [0.3, 0.4) is 0 Å². The number of rotatable bonds is 4. The van der Waals surface area contributed by atoms with Crippen LogP contribution in [0, 0.1) is 0 Å². The van der Waals surface area contributed by atoms with Crippen LogP contribution in [0.1, 0.15) is 6.42 Å². The molecule has 0 saturated carbocycles. The molecular weight excluding hydrogens is 148 g/mol. The summed E-state index contributed by atoms with van der Waals surface area (Å²) >= 11 is 5.34. The van der Waals surface area contributed by atoms with Crippen LogP contribution < -0.4 is 0 Å². The highest BCUT2D eigenvalue weighted by Crippen LogP contribution is 2.05. The van der Waals surface area contributed by atoms with Crippen LogP contribution in [0.2, 0.25) is 0 Å². The summed E-state index contributed by atoms with van der Waals surface area (Å²) < 4.78 is 0. The van der Waals surface area contributed by atoms with Gasteiger partial charge < -0.3 is 0 Å². The van der Waals surface area contributed by atoms with Gasteiger partial charge in [-0.25, -0.2) is 0 Å². The van der Waals surface area contributed by atoms with E-state index >= 15 is 0 Å². The van der Waals surface area contributed by atoms with Crippen LogP contribution in [0.25, 0.3) is 0 Å². The van der Waals surface area contributed by atoms with Crippen molar-refractivity contribution in [2.24, 2.45) is 0 Å². The summed E-state index contributed by atoms with van der Waals surface area (Å²) in [4.78, 5) is 10.8. The lowest BCUT2D eigenvalue weighted by Gasteiger charge is -1.94. The molecule has 0 aromatic heterocycles. The summed E-state index contributed by atoms with van der Waals surface area (Å²) in [7, 11) is 0. The molecule has 0 atom stereocenters. The SMILES string of the molecule is C=CC/C(=C/Cl)C(=O)C=C. The van der Waals surface area contributed by atoms with Gasteiger partial charge in [-0.2, -0.15) is 0 Å². The van der Waals surface area contributed by atoms with E-state index in [1.54, 1.807) is 6.08 Å². The van der Waals surface area contributed by atoms with Gasteiger partial charge in [-0.3, -0.25) is 4.79 Å². The predicted octanol–water partition coefficient (Wildman–Crippen LogP) is 2.44. The lowest BCUT2D eigenvalue weighted by atomic mass is 10.1. The Hall–Kier alpha value is -0.820. The number of hydrogen-bond donors (Lipinski definition) is 0. The first-order chi connectivity index (χ1) is 4.76. The molecule has 0 saturated heterocycles. The molecule has 0 unspecified atom stereocenters. The summed E-state index contributed by atoms with van der Waals surface area (Å²) in [6, 6.07) is 0. The van der Waals surface area contributed by atoms with Crippen molar-refractivity contribution >= 4 is 17.4 Å². The Labute approximate surface area is 65.7 Å². The second-order valence-corrected chi connectivity index (χ2v) is 1.91. The normalized spacial score (nSPS) is 10.7. The molecule has 54 valence electrons. The molecular formula is C8H9ClO. The number of hydrogen-bond acceptors (Lipinski definition) is 1. The second-order valence-electron chi connectivity index (χ2n) is 1.70. The van der Waals surface area contributed by atoms with Gasteiger partial charge in [0.1, 0.15) is 0 Å². The van der Waals surface area contributed by atoms with Crippen molar-refractivity contribution in [1.29, 1.82) is 0 Å². The summed E-state index contributed by atoms with van der Waals surface area (Å²) in [5, 5.41) is 0.